The zero-order chi connectivity index (χ0) is 42.9. The largest absolute Gasteiger partial charge is 0.457 e. The molecule has 0 aliphatic carbocycles. The summed E-state index contributed by atoms with van der Waals surface area (Å²) in [5, 5.41) is 7.76. The van der Waals surface area contributed by atoms with Crippen molar-refractivity contribution < 1.29 is 37.1 Å². The van der Waals surface area contributed by atoms with Crippen LogP contribution in [0.25, 0.3) is 22.3 Å². The van der Waals surface area contributed by atoms with Gasteiger partial charge in [0.1, 0.15) is 40.9 Å². The molecule has 0 spiro atoms. The first-order valence-corrected chi connectivity index (χ1v) is 20.9. The summed E-state index contributed by atoms with van der Waals surface area (Å²) in [5.74, 6) is -0.644. The van der Waals surface area contributed by atoms with Crippen molar-refractivity contribution in [3.63, 3.8) is 0 Å². The Morgan fingerprint density at radius 3 is 2.18 bits per heavy atom. The third-order valence-electron chi connectivity index (χ3n) is 13.4. The lowest BCUT2D eigenvalue weighted by Gasteiger charge is -2.54. The molecule has 2 aromatic heterocycles. The summed E-state index contributed by atoms with van der Waals surface area (Å²) in [6, 6.07) is 20.6. The lowest BCUT2D eigenvalue weighted by atomic mass is 9.82. The Balaban J connectivity index is 0.782. The fraction of sp³-hybridized carbons (Fsp3) is 0.386. The molecule has 5 aliphatic heterocycles. The molecule has 15 nitrogen and oxygen atoms in total. The number of aromatic nitrogens is 4. The number of rotatable bonds is 8. The Kier molecular flexibility index (Phi) is 9.74. The molecule has 3 N–H and O–H groups in total. The van der Waals surface area contributed by atoms with Gasteiger partial charge in [0.15, 0.2) is 5.65 Å². The molecule has 10 rings (SSSR count). The number of alkyl halides is 3. The van der Waals surface area contributed by atoms with Gasteiger partial charge in [-0.2, -0.15) is 18.3 Å². The van der Waals surface area contributed by atoms with Crippen LogP contribution in [-0.4, -0.2) is 121 Å². The fourth-order valence-corrected chi connectivity index (χ4v) is 9.89. The van der Waals surface area contributed by atoms with Crippen LogP contribution in [0.5, 0.6) is 11.5 Å². The lowest BCUT2D eigenvalue weighted by molar-refractivity contribution is -0.250. The van der Waals surface area contributed by atoms with Crippen molar-refractivity contribution in [3.8, 4) is 22.8 Å². The van der Waals surface area contributed by atoms with Gasteiger partial charge in [-0.05, 0) is 86.7 Å². The number of carbonyl (C=O) groups is 4. The van der Waals surface area contributed by atoms with Crippen LogP contribution in [0, 0.1) is 0 Å². The van der Waals surface area contributed by atoms with Gasteiger partial charge in [-0.1, -0.05) is 18.2 Å². The highest BCUT2D eigenvalue weighted by atomic mass is 19.4. The van der Waals surface area contributed by atoms with Crippen molar-refractivity contribution in [2.24, 2.45) is 0 Å². The molecule has 3 aromatic carbocycles. The van der Waals surface area contributed by atoms with E-state index in [1.54, 1.807) is 23.1 Å². The van der Waals surface area contributed by atoms with Gasteiger partial charge >= 0.3 is 6.18 Å². The molecule has 18 heteroatoms. The van der Waals surface area contributed by atoms with E-state index >= 15 is 13.2 Å². The van der Waals surface area contributed by atoms with E-state index in [0.29, 0.717) is 59.8 Å². The highest BCUT2D eigenvalue weighted by Gasteiger charge is 2.60. The Morgan fingerprint density at radius 1 is 0.790 bits per heavy atom. The maximum atomic E-state index is 15.2. The van der Waals surface area contributed by atoms with Gasteiger partial charge in [0.2, 0.25) is 11.8 Å². The maximum Gasteiger partial charge on any atom is 0.406 e. The fourth-order valence-electron chi connectivity index (χ4n) is 9.89. The first-order chi connectivity index (χ1) is 29.9. The van der Waals surface area contributed by atoms with Crippen LogP contribution in [-0.2, 0) is 9.59 Å². The summed E-state index contributed by atoms with van der Waals surface area (Å²) < 4.78 is 53.5. The maximum absolute atomic E-state index is 15.2. The third-order valence-corrected chi connectivity index (χ3v) is 13.4. The van der Waals surface area contributed by atoms with Gasteiger partial charge in [-0.25, -0.2) is 14.6 Å². The average Bonchev–Trinajstić information content (AvgIpc) is 3.76. The highest BCUT2D eigenvalue weighted by molar-refractivity contribution is 6.23. The summed E-state index contributed by atoms with van der Waals surface area (Å²) in [6.07, 6.45) is -2.15. The number of fused-ring (bicyclic) bond motifs is 2. The van der Waals surface area contributed by atoms with Gasteiger partial charge in [-0.3, -0.25) is 39.2 Å². The predicted molar refractivity (Wildman–Crippen MR) is 220 cm³/mol. The number of benzene rings is 3. The molecular weight excluding hydrogens is 806 g/mol. The molecule has 0 bridgehead atoms. The molecular formula is C44H43F3N10O5. The van der Waals surface area contributed by atoms with E-state index < -0.39 is 41.4 Å². The highest BCUT2D eigenvalue weighted by Crippen LogP contribution is 2.46. The molecule has 62 heavy (non-hydrogen) atoms. The SMILES string of the molecule is Nc1ncnc2c1c(-c1ccc(Oc3ccccc3)cc1)nn2C1CCN(C2(C(F)(F)F)CCN(C3CN(c4ccc5c(c4)C(=O)N(C4CCC(=O)NC4=O)C5=O)C3)CC2)CC1. The van der Waals surface area contributed by atoms with E-state index in [2.05, 4.69) is 20.2 Å². The number of ether oxygens (including phenoxy) is 1. The van der Waals surface area contributed by atoms with Crippen LogP contribution in [0.2, 0.25) is 0 Å². The van der Waals surface area contributed by atoms with Gasteiger partial charge < -0.3 is 15.4 Å². The van der Waals surface area contributed by atoms with Crippen molar-refractivity contribution in [2.75, 3.05) is 49.9 Å². The number of anilines is 2. The number of likely N-dealkylation sites (tertiary alicyclic amines) is 2. The van der Waals surface area contributed by atoms with Crippen molar-refractivity contribution in [1.82, 2.24) is 39.8 Å². The number of nitrogens with two attached hydrogens (primary N) is 1. The van der Waals surface area contributed by atoms with Crippen LogP contribution in [0.15, 0.2) is 79.1 Å². The third kappa shape index (κ3) is 6.72. The normalized spacial score (nSPS) is 21.6. The van der Waals surface area contributed by atoms with Crippen LogP contribution < -0.4 is 20.7 Å². The predicted octanol–water partition coefficient (Wildman–Crippen LogP) is 5.19. The quantitative estimate of drug-likeness (QED) is 0.196. The summed E-state index contributed by atoms with van der Waals surface area (Å²) >= 11 is 0. The number of nitrogens with zero attached hydrogens (tertiary/aromatic N) is 8. The van der Waals surface area contributed by atoms with E-state index in [9.17, 15) is 19.2 Å². The van der Waals surface area contributed by atoms with Crippen LogP contribution in [0.4, 0.5) is 24.7 Å². The average molecular weight is 849 g/mol. The van der Waals surface area contributed by atoms with E-state index in [1.807, 2.05) is 64.2 Å². The number of carbonyl (C=O) groups excluding carboxylic acids is 4. The smallest absolute Gasteiger partial charge is 0.406 e. The minimum Gasteiger partial charge on any atom is -0.457 e. The second-order valence-electron chi connectivity index (χ2n) is 16.7. The Morgan fingerprint density at radius 2 is 1.48 bits per heavy atom. The van der Waals surface area contributed by atoms with Gasteiger partial charge in [0, 0.05) is 63.0 Å². The molecule has 5 aliphatic rings. The van der Waals surface area contributed by atoms with Crippen molar-refractivity contribution in [2.45, 2.75) is 68.4 Å². The number of nitrogens with one attached hydrogen (secondary N) is 1. The molecule has 4 fully saturated rings. The minimum atomic E-state index is -4.43. The molecule has 5 aromatic rings. The van der Waals surface area contributed by atoms with Gasteiger partial charge in [0.05, 0.1) is 22.6 Å². The number of halogens is 3. The lowest BCUT2D eigenvalue weighted by Crippen LogP contribution is -2.68. The topological polar surface area (TPSA) is 172 Å². The summed E-state index contributed by atoms with van der Waals surface area (Å²) in [4.78, 5) is 66.1. The molecule has 7 heterocycles. The first-order valence-electron chi connectivity index (χ1n) is 20.9. The van der Waals surface area contributed by atoms with Crippen LogP contribution >= 0.6 is 0 Å². The van der Waals surface area contributed by atoms with Gasteiger partial charge in [0.25, 0.3) is 11.8 Å². The molecule has 4 amide bonds. The van der Waals surface area contributed by atoms with Crippen molar-refractivity contribution in [1.29, 1.82) is 0 Å². The molecule has 1 atom stereocenters. The number of imide groups is 2. The van der Waals surface area contributed by atoms with E-state index in [4.69, 9.17) is 15.6 Å². The minimum absolute atomic E-state index is 0.0295. The Hall–Kier alpha value is -6.40. The zero-order valence-corrected chi connectivity index (χ0v) is 33.6. The van der Waals surface area contributed by atoms with E-state index in [1.165, 1.54) is 6.33 Å². The number of piperidine rings is 3. The second kappa shape index (κ2) is 15.2. The molecule has 0 radical (unpaired) electrons. The summed E-state index contributed by atoms with van der Waals surface area (Å²) in [7, 11) is 0. The van der Waals surface area contributed by atoms with Gasteiger partial charge in [-0.15, -0.1) is 0 Å². The van der Waals surface area contributed by atoms with E-state index in [-0.39, 0.29) is 80.9 Å². The standard InChI is InChI=1S/C44H43F3N10O5/c45-44(46,47)43(16-20-53(21-17-43)29-23-54(24-29)28-8-11-32-33(22-28)42(61)56(41(32)60)34-12-13-35(58)51-40(34)59)55-18-14-27(15-19-55)57-39-36(38(48)49-25-50-39)37(52-57)26-6-9-31(10-7-26)62-30-4-2-1-3-5-30/h1-11,22,25,27,29,34H,12-21,23-24H2,(H2,48,49,50)(H,51,58,59). The monoisotopic (exact) mass is 848 g/mol. The molecule has 1 unspecified atom stereocenters. The number of nitrogen functional groups attached to an aromatic ring is 1. The van der Waals surface area contributed by atoms with Crippen LogP contribution in [0.3, 0.4) is 0 Å². The zero-order valence-electron chi connectivity index (χ0n) is 33.6. The van der Waals surface area contributed by atoms with Crippen LogP contribution in [0.1, 0.15) is 65.3 Å². The van der Waals surface area contributed by atoms with E-state index in [0.717, 1.165) is 10.5 Å². The number of amides is 4. The number of hydrogen-bond acceptors (Lipinski definition) is 12. The summed E-state index contributed by atoms with van der Waals surface area (Å²) in [6.45, 7) is 2.17. The second-order valence-corrected chi connectivity index (χ2v) is 16.7. The molecule has 4 saturated heterocycles. The molecule has 320 valence electrons. The Bertz CT molecular complexity index is 2580. The molecule has 0 saturated carbocycles. The van der Waals surface area contributed by atoms with Crippen molar-refractivity contribution in [3.05, 3.63) is 90.3 Å². The Labute approximate surface area is 353 Å². The first kappa shape index (κ1) is 39.7. The van der Waals surface area contributed by atoms with Crippen molar-refractivity contribution >= 4 is 46.2 Å². The summed E-state index contributed by atoms with van der Waals surface area (Å²) in [5.41, 5.74) is 7.45. The number of para-hydroxylation sites is 1. The number of hydrogen-bond donors (Lipinski definition) is 2.